The lowest BCUT2D eigenvalue weighted by molar-refractivity contribution is 0.0641. The molecule has 0 radical (unpaired) electrons. The fourth-order valence-electron chi connectivity index (χ4n) is 4.00. The first kappa shape index (κ1) is 18.4. The zero-order chi connectivity index (χ0) is 19.7. The van der Waals surface area contributed by atoms with Crippen molar-refractivity contribution >= 4 is 17.7 Å². The van der Waals surface area contributed by atoms with Crippen LogP contribution in [0.4, 0.5) is 0 Å². The van der Waals surface area contributed by atoms with Gasteiger partial charge in [0.2, 0.25) is 0 Å². The maximum Gasteiger partial charge on any atom is 0.261 e. The van der Waals surface area contributed by atoms with Gasteiger partial charge in [0.15, 0.2) is 0 Å². The summed E-state index contributed by atoms with van der Waals surface area (Å²) in [5, 5.41) is 3.12. The molecule has 0 spiro atoms. The smallest absolute Gasteiger partial charge is 0.261 e. The van der Waals surface area contributed by atoms with Crippen molar-refractivity contribution in [1.82, 2.24) is 10.2 Å². The summed E-state index contributed by atoms with van der Waals surface area (Å²) in [6.45, 7) is 2.46. The first-order valence-electron chi connectivity index (χ1n) is 9.88. The van der Waals surface area contributed by atoms with E-state index < -0.39 is 0 Å². The highest BCUT2D eigenvalue weighted by Gasteiger charge is 2.34. The molecule has 2 aromatic rings. The number of benzene rings is 2. The topological polar surface area (TPSA) is 66.5 Å². The van der Waals surface area contributed by atoms with Crippen molar-refractivity contribution in [3.05, 3.63) is 70.8 Å². The monoisotopic (exact) mass is 376 g/mol. The highest BCUT2D eigenvalue weighted by molar-refractivity contribution is 6.21. The van der Waals surface area contributed by atoms with Gasteiger partial charge < -0.3 is 5.32 Å². The predicted octanol–water partition coefficient (Wildman–Crippen LogP) is 3.79. The lowest BCUT2D eigenvalue weighted by Gasteiger charge is -2.26. The van der Waals surface area contributed by atoms with Crippen LogP contribution in [0.25, 0.3) is 0 Å². The third-order valence-electron chi connectivity index (χ3n) is 5.79. The largest absolute Gasteiger partial charge is 0.349 e. The molecule has 1 fully saturated rings. The molecule has 5 nitrogen and oxygen atoms in total. The van der Waals surface area contributed by atoms with Gasteiger partial charge in [-0.25, -0.2) is 0 Å². The SMILES string of the molecule is CC1CCC(NC(=O)c2ccc(CN3C(=O)c4ccccc4C3=O)cc2)CC1. The van der Waals surface area contributed by atoms with Gasteiger partial charge in [-0.05, 0) is 61.4 Å². The second kappa shape index (κ2) is 7.58. The Hall–Kier alpha value is -2.95. The Balaban J connectivity index is 1.39. The molecule has 2 aliphatic rings. The molecular formula is C23H24N2O3. The minimum atomic E-state index is -0.269. The standard InChI is InChI=1S/C23H24N2O3/c1-15-6-12-18(13-7-15)24-21(26)17-10-8-16(9-11-17)14-25-22(27)19-4-2-3-5-20(19)23(25)28/h2-5,8-11,15,18H,6-7,12-14H2,1H3,(H,24,26). The van der Waals surface area contributed by atoms with Crippen LogP contribution in [0.1, 0.15) is 69.2 Å². The molecule has 28 heavy (non-hydrogen) atoms. The Kier molecular flexibility index (Phi) is 4.99. The van der Waals surface area contributed by atoms with Gasteiger partial charge in [-0.3, -0.25) is 19.3 Å². The lowest BCUT2D eigenvalue weighted by Crippen LogP contribution is -2.37. The van der Waals surface area contributed by atoms with E-state index in [0.717, 1.165) is 37.2 Å². The number of amides is 3. The Morgan fingerprint density at radius 2 is 1.50 bits per heavy atom. The number of hydrogen-bond donors (Lipinski definition) is 1. The molecule has 0 unspecified atom stereocenters. The van der Waals surface area contributed by atoms with E-state index in [9.17, 15) is 14.4 Å². The molecule has 1 N–H and O–H groups in total. The maximum atomic E-state index is 12.5. The zero-order valence-corrected chi connectivity index (χ0v) is 16.0. The van der Waals surface area contributed by atoms with E-state index in [1.165, 1.54) is 4.90 Å². The normalized spacial score (nSPS) is 21.5. The molecule has 5 heteroatoms. The fraction of sp³-hybridized carbons (Fsp3) is 0.348. The molecule has 0 atom stereocenters. The van der Waals surface area contributed by atoms with E-state index in [0.29, 0.717) is 16.7 Å². The van der Waals surface area contributed by atoms with Gasteiger partial charge in [0, 0.05) is 11.6 Å². The van der Waals surface area contributed by atoms with Gasteiger partial charge >= 0.3 is 0 Å². The molecule has 1 aliphatic heterocycles. The summed E-state index contributed by atoms with van der Waals surface area (Å²) in [7, 11) is 0. The van der Waals surface area contributed by atoms with Crippen LogP contribution < -0.4 is 5.32 Å². The van der Waals surface area contributed by atoms with Gasteiger partial charge in [0.05, 0.1) is 17.7 Å². The Bertz CT molecular complexity index is 877. The van der Waals surface area contributed by atoms with Crippen LogP contribution in [0.2, 0.25) is 0 Å². The minimum Gasteiger partial charge on any atom is -0.349 e. The Morgan fingerprint density at radius 1 is 0.929 bits per heavy atom. The number of rotatable bonds is 4. The zero-order valence-electron chi connectivity index (χ0n) is 16.0. The second-order valence-corrected chi connectivity index (χ2v) is 7.87. The van der Waals surface area contributed by atoms with E-state index in [-0.39, 0.29) is 30.3 Å². The van der Waals surface area contributed by atoms with E-state index in [1.54, 1.807) is 48.5 Å². The number of fused-ring (bicyclic) bond motifs is 1. The molecule has 0 aromatic heterocycles. The highest BCUT2D eigenvalue weighted by atomic mass is 16.2. The fourth-order valence-corrected chi connectivity index (χ4v) is 4.00. The summed E-state index contributed by atoms with van der Waals surface area (Å²) in [5.41, 5.74) is 2.32. The van der Waals surface area contributed by atoms with Gasteiger partial charge in [-0.1, -0.05) is 31.2 Å². The van der Waals surface area contributed by atoms with Gasteiger partial charge in [0.1, 0.15) is 0 Å². The molecule has 0 bridgehead atoms. The number of nitrogens with one attached hydrogen (secondary N) is 1. The van der Waals surface area contributed by atoms with Crippen LogP contribution >= 0.6 is 0 Å². The Morgan fingerprint density at radius 3 is 2.07 bits per heavy atom. The minimum absolute atomic E-state index is 0.0631. The summed E-state index contributed by atoms with van der Waals surface area (Å²) in [6.07, 6.45) is 4.38. The van der Waals surface area contributed by atoms with Crippen LogP contribution in [-0.4, -0.2) is 28.7 Å². The number of nitrogens with zero attached hydrogens (tertiary/aromatic N) is 1. The highest BCUT2D eigenvalue weighted by Crippen LogP contribution is 2.25. The summed E-state index contributed by atoms with van der Waals surface area (Å²) in [6, 6.07) is 14.2. The molecule has 0 saturated heterocycles. The van der Waals surface area contributed by atoms with E-state index in [4.69, 9.17) is 0 Å². The first-order chi connectivity index (χ1) is 13.5. The second-order valence-electron chi connectivity index (χ2n) is 7.87. The first-order valence-corrected chi connectivity index (χ1v) is 9.88. The third kappa shape index (κ3) is 3.57. The van der Waals surface area contributed by atoms with E-state index >= 15 is 0 Å². The van der Waals surface area contributed by atoms with Crippen molar-refractivity contribution in [1.29, 1.82) is 0 Å². The quantitative estimate of drug-likeness (QED) is 0.826. The van der Waals surface area contributed by atoms with Crippen LogP contribution in [-0.2, 0) is 6.54 Å². The lowest BCUT2D eigenvalue weighted by atomic mass is 9.87. The molecule has 4 rings (SSSR count). The Labute approximate surface area is 164 Å². The van der Waals surface area contributed by atoms with Gasteiger partial charge in [-0.15, -0.1) is 0 Å². The van der Waals surface area contributed by atoms with Crippen molar-refractivity contribution in [2.45, 2.75) is 45.2 Å². The average Bonchev–Trinajstić information content (AvgIpc) is 2.95. The van der Waals surface area contributed by atoms with Gasteiger partial charge in [-0.2, -0.15) is 0 Å². The van der Waals surface area contributed by atoms with Crippen molar-refractivity contribution in [2.24, 2.45) is 5.92 Å². The van der Waals surface area contributed by atoms with Crippen LogP contribution in [0.15, 0.2) is 48.5 Å². The van der Waals surface area contributed by atoms with Crippen molar-refractivity contribution < 1.29 is 14.4 Å². The molecule has 1 aliphatic carbocycles. The van der Waals surface area contributed by atoms with E-state index in [2.05, 4.69) is 12.2 Å². The van der Waals surface area contributed by atoms with Gasteiger partial charge in [0.25, 0.3) is 17.7 Å². The predicted molar refractivity (Wildman–Crippen MR) is 106 cm³/mol. The summed E-state index contributed by atoms with van der Waals surface area (Å²) < 4.78 is 0. The average molecular weight is 376 g/mol. The summed E-state index contributed by atoms with van der Waals surface area (Å²) in [5.74, 6) is 0.143. The third-order valence-corrected chi connectivity index (χ3v) is 5.79. The molecule has 3 amide bonds. The number of carbonyl (C=O) groups is 3. The number of imide groups is 1. The number of carbonyl (C=O) groups excluding carboxylic acids is 3. The van der Waals surface area contributed by atoms with Crippen LogP contribution in [0.5, 0.6) is 0 Å². The molecule has 1 saturated carbocycles. The molecular weight excluding hydrogens is 352 g/mol. The van der Waals surface area contributed by atoms with E-state index in [1.807, 2.05) is 0 Å². The molecule has 2 aromatic carbocycles. The maximum absolute atomic E-state index is 12.5. The summed E-state index contributed by atoms with van der Waals surface area (Å²) in [4.78, 5) is 38.7. The van der Waals surface area contributed by atoms with Crippen molar-refractivity contribution in [2.75, 3.05) is 0 Å². The van der Waals surface area contributed by atoms with Crippen LogP contribution in [0.3, 0.4) is 0 Å². The van der Waals surface area contributed by atoms with Crippen LogP contribution in [0, 0.1) is 5.92 Å². The number of hydrogen-bond acceptors (Lipinski definition) is 3. The molecule has 144 valence electrons. The summed E-state index contributed by atoms with van der Waals surface area (Å²) >= 11 is 0. The van der Waals surface area contributed by atoms with Crippen molar-refractivity contribution in [3.8, 4) is 0 Å². The molecule has 1 heterocycles. The van der Waals surface area contributed by atoms with Crippen molar-refractivity contribution in [3.63, 3.8) is 0 Å².